The van der Waals surface area contributed by atoms with Crippen molar-refractivity contribution in [1.82, 2.24) is 0 Å². The summed E-state index contributed by atoms with van der Waals surface area (Å²) in [6, 6.07) is 1.24. The Morgan fingerprint density at radius 1 is 1.38 bits per heavy atom. The van der Waals surface area contributed by atoms with Crippen molar-refractivity contribution in [3.05, 3.63) is 12.2 Å². The molecule has 0 aliphatic carbocycles. The van der Waals surface area contributed by atoms with Gasteiger partial charge in [0.05, 0.1) is 7.11 Å². The minimum Gasteiger partial charge on any atom is -0.466 e. The number of rotatable bonds is 5. The second kappa shape index (κ2) is 5.22. The summed E-state index contributed by atoms with van der Waals surface area (Å²) in [5.74, 6) is -0.268. The van der Waals surface area contributed by atoms with E-state index in [9.17, 15) is 4.79 Å². The van der Waals surface area contributed by atoms with E-state index in [2.05, 4.69) is 31.0 Å². The molecule has 0 aliphatic heterocycles. The van der Waals surface area contributed by atoms with Gasteiger partial charge in [-0.1, -0.05) is 38.7 Å². The van der Waals surface area contributed by atoms with Crippen molar-refractivity contribution >= 4 is 14.0 Å². The fraction of sp³-hybridized carbons (Fsp3) is 0.700. The second-order valence-electron chi connectivity index (χ2n) is 4.51. The Hall–Kier alpha value is -0.573. The zero-order valence-electron chi connectivity index (χ0n) is 9.14. The average molecular weight is 200 g/mol. The summed E-state index contributed by atoms with van der Waals surface area (Å²) >= 11 is 0. The molecule has 13 heavy (non-hydrogen) atoms. The molecule has 0 aromatic heterocycles. The summed E-state index contributed by atoms with van der Waals surface area (Å²) in [4.78, 5) is 11.0. The van der Waals surface area contributed by atoms with E-state index in [0.717, 1.165) is 12.8 Å². The fourth-order valence-electron chi connectivity index (χ4n) is 1.08. The van der Waals surface area contributed by atoms with Gasteiger partial charge in [0, 0.05) is 13.6 Å². The van der Waals surface area contributed by atoms with Gasteiger partial charge in [-0.05, 0) is 6.42 Å². The quantitative estimate of drug-likeness (QED) is 0.387. The first-order valence-corrected chi connectivity index (χ1v) is 8.33. The van der Waals surface area contributed by atoms with Crippen molar-refractivity contribution in [2.24, 2.45) is 0 Å². The van der Waals surface area contributed by atoms with Crippen molar-refractivity contribution < 1.29 is 9.53 Å². The van der Waals surface area contributed by atoms with Crippen LogP contribution in [0.5, 0.6) is 0 Å². The van der Waals surface area contributed by atoms with Crippen LogP contribution in [0, 0.1) is 0 Å². The van der Waals surface area contributed by atoms with Gasteiger partial charge in [0.25, 0.3) is 0 Å². The molecule has 0 aliphatic rings. The summed E-state index contributed by atoms with van der Waals surface area (Å²) in [5, 5.41) is 0. The summed E-state index contributed by atoms with van der Waals surface area (Å²) in [7, 11) is 0.433. The number of carbonyl (C=O) groups excluding carboxylic acids is 1. The lowest BCUT2D eigenvalue weighted by Crippen LogP contribution is -2.19. The zero-order chi connectivity index (χ0) is 10.5. The molecule has 0 radical (unpaired) electrons. The molecule has 0 aromatic carbocycles. The molecule has 0 fully saturated rings. The van der Waals surface area contributed by atoms with Crippen LogP contribution in [0.3, 0.4) is 0 Å². The third-order valence-corrected chi connectivity index (χ3v) is 3.73. The molecular formula is C10H20O2Si. The van der Waals surface area contributed by atoms with Crippen LogP contribution in [0.2, 0.25) is 25.7 Å². The van der Waals surface area contributed by atoms with Crippen LogP contribution < -0.4 is 0 Å². The Kier molecular flexibility index (Phi) is 4.99. The predicted molar refractivity (Wildman–Crippen MR) is 58.5 cm³/mol. The first-order chi connectivity index (χ1) is 5.87. The minimum absolute atomic E-state index is 0.268. The average Bonchev–Trinajstić information content (AvgIpc) is 2.00. The summed E-state index contributed by atoms with van der Waals surface area (Å²) < 4.78 is 4.57. The Morgan fingerprint density at radius 2 is 1.92 bits per heavy atom. The molecule has 0 amide bonds. The molecule has 0 heterocycles. The third-order valence-electron chi connectivity index (χ3n) is 1.88. The maximum absolute atomic E-state index is 11.0. The fourth-order valence-corrected chi connectivity index (χ4v) is 2.32. The van der Waals surface area contributed by atoms with E-state index < -0.39 is 8.07 Å². The van der Waals surface area contributed by atoms with Crippen molar-refractivity contribution in [2.75, 3.05) is 7.11 Å². The van der Waals surface area contributed by atoms with Gasteiger partial charge in [-0.2, -0.15) is 0 Å². The lowest BCUT2D eigenvalue weighted by Gasteiger charge is -2.15. The van der Waals surface area contributed by atoms with Crippen molar-refractivity contribution in [3.63, 3.8) is 0 Å². The van der Waals surface area contributed by atoms with E-state index in [1.54, 1.807) is 0 Å². The highest BCUT2D eigenvalue weighted by atomic mass is 28.3. The lowest BCUT2D eigenvalue weighted by molar-refractivity contribution is -0.136. The predicted octanol–water partition coefficient (Wildman–Crippen LogP) is 2.83. The summed E-state index contributed by atoms with van der Waals surface area (Å²) in [5.41, 5.74) is 0.598. The number of ether oxygens (including phenoxy) is 1. The van der Waals surface area contributed by atoms with E-state index in [-0.39, 0.29) is 5.97 Å². The van der Waals surface area contributed by atoms with Gasteiger partial charge in [0.1, 0.15) is 0 Å². The topological polar surface area (TPSA) is 26.3 Å². The molecule has 0 saturated heterocycles. The molecule has 0 bridgehead atoms. The Bertz CT molecular complexity index is 192. The van der Waals surface area contributed by atoms with E-state index in [1.165, 1.54) is 13.2 Å². The normalized spacial score (nSPS) is 11.1. The standard InChI is InChI=1S/C10H20O2Si/c1-9(10(11)12-2)7-6-8-13(3,4)5/h1,6-8H2,2-5H3. The van der Waals surface area contributed by atoms with Gasteiger partial charge in [-0.25, -0.2) is 4.79 Å². The van der Waals surface area contributed by atoms with E-state index >= 15 is 0 Å². The number of methoxy groups -OCH3 is 1. The molecule has 2 nitrogen and oxygen atoms in total. The monoisotopic (exact) mass is 200 g/mol. The lowest BCUT2D eigenvalue weighted by atomic mass is 10.2. The Balaban J connectivity index is 3.66. The Morgan fingerprint density at radius 3 is 2.31 bits per heavy atom. The summed E-state index contributed by atoms with van der Waals surface area (Å²) in [6.45, 7) is 10.7. The zero-order valence-corrected chi connectivity index (χ0v) is 10.1. The van der Waals surface area contributed by atoms with Crippen LogP contribution in [0.25, 0.3) is 0 Å². The molecule has 0 rings (SSSR count). The van der Waals surface area contributed by atoms with Crippen molar-refractivity contribution in [3.8, 4) is 0 Å². The van der Waals surface area contributed by atoms with Crippen LogP contribution >= 0.6 is 0 Å². The maximum atomic E-state index is 11.0. The molecular weight excluding hydrogens is 180 g/mol. The van der Waals surface area contributed by atoms with Crippen LogP contribution in [0.1, 0.15) is 12.8 Å². The molecule has 0 spiro atoms. The van der Waals surface area contributed by atoms with E-state index in [1.807, 2.05) is 0 Å². The van der Waals surface area contributed by atoms with Gasteiger partial charge >= 0.3 is 5.97 Å². The molecule has 76 valence electrons. The van der Waals surface area contributed by atoms with Crippen LogP contribution in [0.15, 0.2) is 12.2 Å². The molecule has 0 unspecified atom stereocenters. The molecule has 0 atom stereocenters. The molecule has 0 N–H and O–H groups in total. The van der Waals surface area contributed by atoms with Gasteiger partial charge in [0.15, 0.2) is 0 Å². The Labute approximate surface area is 82.0 Å². The molecule has 0 saturated carbocycles. The van der Waals surface area contributed by atoms with Crippen LogP contribution in [-0.4, -0.2) is 21.2 Å². The largest absolute Gasteiger partial charge is 0.466 e. The van der Waals surface area contributed by atoms with Crippen LogP contribution in [0.4, 0.5) is 0 Å². The number of hydrogen-bond donors (Lipinski definition) is 0. The highest BCUT2D eigenvalue weighted by Gasteiger charge is 2.13. The minimum atomic E-state index is -0.962. The first kappa shape index (κ1) is 12.4. The van der Waals surface area contributed by atoms with Crippen LogP contribution in [-0.2, 0) is 9.53 Å². The summed E-state index contributed by atoms with van der Waals surface area (Å²) in [6.07, 6.45) is 1.83. The smallest absolute Gasteiger partial charge is 0.333 e. The highest BCUT2D eigenvalue weighted by Crippen LogP contribution is 2.15. The number of esters is 1. The number of carbonyl (C=O) groups is 1. The second-order valence-corrected chi connectivity index (χ2v) is 10.1. The van der Waals surface area contributed by atoms with Gasteiger partial charge in [-0.15, -0.1) is 0 Å². The SMILES string of the molecule is C=C(CCC[Si](C)(C)C)C(=O)OC. The molecule has 3 heteroatoms. The maximum Gasteiger partial charge on any atom is 0.333 e. The highest BCUT2D eigenvalue weighted by molar-refractivity contribution is 6.76. The van der Waals surface area contributed by atoms with E-state index in [0.29, 0.717) is 5.57 Å². The van der Waals surface area contributed by atoms with Gasteiger partial charge < -0.3 is 4.74 Å². The van der Waals surface area contributed by atoms with Gasteiger partial charge in [-0.3, -0.25) is 0 Å². The van der Waals surface area contributed by atoms with Crippen molar-refractivity contribution in [2.45, 2.75) is 38.5 Å². The third kappa shape index (κ3) is 6.58. The number of hydrogen-bond acceptors (Lipinski definition) is 2. The van der Waals surface area contributed by atoms with Gasteiger partial charge in [0.2, 0.25) is 0 Å². The molecule has 0 aromatic rings. The van der Waals surface area contributed by atoms with E-state index in [4.69, 9.17) is 0 Å². The first-order valence-electron chi connectivity index (χ1n) is 4.63. The van der Waals surface area contributed by atoms with Crippen molar-refractivity contribution in [1.29, 1.82) is 0 Å².